The molecule has 3 aromatic carbocycles. The second-order valence-corrected chi connectivity index (χ2v) is 9.32. The fourth-order valence-electron chi connectivity index (χ4n) is 4.25. The van der Waals surface area contributed by atoms with Gasteiger partial charge in [0.15, 0.2) is 0 Å². The van der Waals surface area contributed by atoms with Gasteiger partial charge in [-0.05, 0) is 66.0 Å². The van der Waals surface area contributed by atoms with Gasteiger partial charge in [-0.15, -0.1) is 9.24 Å². The third-order valence-electron chi connectivity index (χ3n) is 6.25. The lowest BCUT2D eigenvalue weighted by atomic mass is 9.94. The molecule has 0 aliphatic carbocycles. The van der Waals surface area contributed by atoms with Crippen molar-refractivity contribution < 1.29 is 0 Å². The number of para-hydroxylation sites is 1. The van der Waals surface area contributed by atoms with Crippen molar-refractivity contribution in [3.63, 3.8) is 0 Å². The van der Waals surface area contributed by atoms with Crippen LogP contribution in [0.2, 0.25) is 0 Å². The molecule has 4 aromatic rings. The van der Waals surface area contributed by atoms with Crippen LogP contribution in [0.25, 0.3) is 22.2 Å². The molecule has 36 heavy (non-hydrogen) atoms. The van der Waals surface area contributed by atoms with Gasteiger partial charge in [-0.3, -0.25) is 0 Å². The van der Waals surface area contributed by atoms with E-state index in [0.29, 0.717) is 13.1 Å². The normalized spacial score (nSPS) is 11.1. The summed E-state index contributed by atoms with van der Waals surface area (Å²) >= 11 is 0. The van der Waals surface area contributed by atoms with Gasteiger partial charge in [-0.1, -0.05) is 81.1 Å². The van der Waals surface area contributed by atoms with Crippen molar-refractivity contribution >= 4 is 36.7 Å². The summed E-state index contributed by atoms with van der Waals surface area (Å²) in [5, 5.41) is 5.79. The van der Waals surface area contributed by atoms with Crippen LogP contribution in [0.3, 0.4) is 0 Å². The molecule has 0 spiro atoms. The molecule has 0 saturated carbocycles. The first-order valence-corrected chi connectivity index (χ1v) is 13.1. The first kappa shape index (κ1) is 27.3. The summed E-state index contributed by atoms with van der Waals surface area (Å²) in [6, 6.07) is 23.3. The second-order valence-electron chi connectivity index (χ2n) is 8.66. The van der Waals surface area contributed by atoms with Gasteiger partial charge in [-0.25, -0.2) is 4.98 Å². The molecule has 0 aliphatic rings. The van der Waals surface area contributed by atoms with Gasteiger partial charge in [-0.2, -0.15) is 0 Å². The van der Waals surface area contributed by atoms with Crippen LogP contribution in [0.1, 0.15) is 59.8 Å². The Kier molecular flexibility index (Phi) is 9.58. The minimum Gasteiger partial charge on any atom is -0.381 e. The zero-order valence-corrected chi connectivity index (χ0v) is 23.3. The lowest BCUT2D eigenvalue weighted by Gasteiger charge is -2.17. The Balaban J connectivity index is 0.00000176. The first-order chi connectivity index (χ1) is 17.4. The molecule has 1 unspecified atom stereocenters. The van der Waals surface area contributed by atoms with Gasteiger partial charge in [0.05, 0.1) is 11.2 Å². The fourth-order valence-corrected chi connectivity index (χ4v) is 4.51. The van der Waals surface area contributed by atoms with Crippen LogP contribution in [-0.4, -0.2) is 4.98 Å². The van der Waals surface area contributed by atoms with Crippen molar-refractivity contribution in [2.45, 2.75) is 47.7 Å². The van der Waals surface area contributed by atoms with Gasteiger partial charge in [0.25, 0.3) is 0 Å². The van der Waals surface area contributed by atoms with E-state index in [1.54, 1.807) is 0 Å². The molecular formula is C32H38N3P. The standard InChI is InChI=1S/C30H32N3P.C2H6/c1-5-25(27-15-24(34)14-9-19(27)2)29-16-28(26-8-6-7-20(3)30(26)33-29)21(4)32-18-23-12-10-22(17-31)11-13-23;1-2/h5-16,32H,4,17-18,31,34H2,1-3H3;1-2H3/b25-5+;. The number of fused-ring (bicyclic) bond motifs is 1. The maximum Gasteiger partial charge on any atom is 0.0745 e. The van der Waals surface area contributed by atoms with E-state index in [9.17, 15) is 0 Å². The zero-order valence-electron chi connectivity index (χ0n) is 22.2. The molecule has 4 rings (SSSR count). The number of nitrogens with one attached hydrogen (secondary N) is 1. The van der Waals surface area contributed by atoms with E-state index in [1.807, 2.05) is 13.8 Å². The Morgan fingerprint density at radius 2 is 1.64 bits per heavy atom. The summed E-state index contributed by atoms with van der Waals surface area (Å²) in [6.07, 6.45) is 2.15. The molecular weight excluding hydrogens is 457 g/mol. The monoisotopic (exact) mass is 495 g/mol. The summed E-state index contributed by atoms with van der Waals surface area (Å²) in [4.78, 5) is 5.12. The molecule has 3 N–H and O–H groups in total. The molecule has 186 valence electrons. The van der Waals surface area contributed by atoms with Crippen molar-refractivity contribution in [2.75, 3.05) is 0 Å². The number of nitrogens with two attached hydrogens (primary N) is 1. The van der Waals surface area contributed by atoms with Crippen LogP contribution >= 0.6 is 9.24 Å². The number of nitrogens with zero attached hydrogens (tertiary/aromatic N) is 1. The largest absolute Gasteiger partial charge is 0.381 e. The fraction of sp³-hybridized carbons (Fsp3) is 0.219. The highest BCUT2D eigenvalue weighted by atomic mass is 31.0. The predicted molar refractivity (Wildman–Crippen MR) is 161 cm³/mol. The molecule has 0 radical (unpaired) electrons. The van der Waals surface area contributed by atoms with E-state index in [4.69, 9.17) is 10.7 Å². The van der Waals surface area contributed by atoms with Gasteiger partial charge in [0, 0.05) is 35.3 Å². The van der Waals surface area contributed by atoms with E-state index in [1.165, 1.54) is 16.7 Å². The summed E-state index contributed by atoms with van der Waals surface area (Å²) in [5.74, 6) is 0. The minimum atomic E-state index is 0.554. The lowest BCUT2D eigenvalue weighted by molar-refractivity contribution is 0.890. The molecule has 0 fully saturated rings. The summed E-state index contributed by atoms with van der Waals surface area (Å²) in [6.45, 7) is 16.0. The topological polar surface area (TPSA) is 50.9 Å². The minimum absolute atomic E-state index is 0.554. The molecule has 1 atom stereocenters. The maximum atomic E-state index is 5.73. The van der Waals surface area contributed by atoms with Crippen molar-refractivity contribution in [3.8, 4) is 0 Å². The van der Waals surface area contributed by atoms with Crippen molar-refractivity contribution in [3.05, 3.63) is 118 Å². The number of pyridine rings is 1. The van der Waals surface area contributed by atoms with Gasteiger partial charge in [0.2, 0.25) is 0 Å². The highest BCUT2D eigenvalue weighted by molar-refractivity contribution is 7.27. The summed E-state index contributed by atoms with van der Waals surface area (Å²) < 4.78 is 0. The number of hydrogen-bond donors (Lipinski definition) is 2. The zero-order chi connectivity index (χ0) is 26.2. The Hall–Kier alpha value is -3.26. The van der Waals surface area contributed by atoms with Crippen LogP contribution < -0.4 is 16.4 Å². The third kappa shape index (κ3) is 6.10. The van der Waals surface area contributed by atoms with Crippen LogP contribution in [-0.2, 0) is 13.1 Å². The van der Waals surface area contributed by atoms with Crippen LogP contribution in [0.5, 0.6) is 0 Å². The van der Waals surface area contributed by atoms with Crippen LogP contribution in [0.15, 0.2) is 79.4 Å². The number of aromatic nitrogens is 1. The van der Waals surface area contributed by atoms with Crippen molar-refractivity contribution in [2.24, 2.45) is 5.73 Å². The number of benzene rings is 3. The predicted octanol–water partition coefficient (Wildman–Crippen LogP) is 7.05. The number of allylic oxidation sites excluding steroid dienone is 1. The van der Waals surface area contributed by atoms with Crippen LogP contribution in [0, 0.1) is 13.8 Å². The quantitative estimate of drug-likeness (QED) is 0.270. The molecule has 1 aromatic heterocycles. The summed E-state index contributed by atoms with van der Waals surface area (Å²) in [5.41, 5.74) is 16.7. The van der Waals surface area contributed by atoms with Crippen molar-refractivity contribution in [1.29, 1.82) is 0 Å². The number of hydrogen-bond acceptors (Lipinski definition) is 3. The van der Waals surface area contributed by atoms with E-state index in [-0.39, 0.29) is 0 Å². The van der Waals surface area contributed by atoms with Gasteiger partial charge >= 0.3 is 0 Å². The number of aryl methyl sites for hydroxylation is 2. The number of rotatable bonds is 7. The van der Waals surface area contributed by atoms with E-state index >= 15 is 0 Å². The average molecular weight is 496 g/mol. The molecule has 0 amide bonds. The molecule has 0 saturated heterocycles. The first-order valence-electron chi connectivity index (χ1n) is 12.6. The molecule has 0 aliphatic heterocycles. The molecule has 1 heterocycles. The third-order valence-corrected chi connectivity index (χ3v) is 6.61. The Labute approximate surface area is 218 Å². The van der Waals surface area contributed by atoms with E-state index in [2.05, 4.69) is 115 Å². The molecule has 3 nitrogen and oxygen atoms in total. The summed E-state index contributed by atoms with van der Waals surface area (Å²) in [7, 11) is 2.80. The van der Waals surface area contributed by atoms with E-state index in [0.717, 1.165) is 49.9 Å². The van der Waals surface area contributed by atoms with Gasteiger partial charge in [0.1, 0.15) is 0 Å². The smallest absolute Gasteiger partial charge is 0.0745 e. The highest BCUT2D eigenvalue weighted by Crippen LogP contribution is 2.31. The lowest BCUT2D eigenvalue weighted by Crippen LogP contribution is -2.12. The van der Waals surface area contributed by atoms with Gasteiger partial charge < -0.3 is 11.1 Å². The maximum absolute atomic E-state index is 5.73. The SMILES string of the molecule is C=C(NCc1ccc(CN)cc1)c1cc(/C(=C/C)c2cc(P)ccc2C)nc2c(C)cccc12.CC. The molecule has 0 bridgehead atoms. The Morgan fingerprint density at radius 1 is 0.944 bits per heavy atom. The Bertz CT molecular complexity index is 1380. The highest BCUT2D eigenvalue weighted by Gasteiger charge is 2.15. The van der Waals surface area contributed by atoms with Crippen LogP contribution in [0.4, 0.5) is 0 Å². The van der Waals surface area contributed by atoms with Crippen molar-refractivity contribution in [1.82, 2.24) is 10.3 Å². The average Bonchev–Trinajstić information content (AvgIpc) is 2.91. The Morgan fingerprint density at radius 3 is 2.31 bits per heavy atom. The second kappa shape index (κ2) is 12.6. The molecule has 4 heteroatoms. The van der Waals surface area contributed by atoms with E-state index < -0.39 is 0 Å².